The van der Waals surface area contributed by atoms with E-state index in [1.165, 1.54) is 0 Å². The number of hydrogen-bond acceptors (Lipinski definition) is 3. The summed E-state index contributed by atoms with van der Waals surface area (Å²) in [7, 11) is 0. The van der Waals surface area contributed by atoms with Gasteiger partial charge in [-0.3, -0.25) is 4.79 Å². The van der Waals surface area contributed by atoms with Crippen LogP contribution in [0.1, 0.15) is 32.1 Å². The van der Waals surface area contributed by atoms with E-state index in [0.717, 1.165) is 38.6 Å². The van der Waals surface area contributed by atoms with Gasteiger partial charge in [-0.2, -0.15) is 0 Å². The Morgan fingerprint density at radius 2 is 2.00 bits per heavy atom. The zero-order valence-electron chi connectivity index (χ0n) is 11.2. The smallest absolute Gasteiger partial charge is 0.326 e. The summed E-state index contributed by atoms with van der Waals surface area (Å²) in [5, 5.41) is 12.7. The summed E-state index contributed by atoms with van der Waals surface area (Å²) in [6.07, 6.45) is 5.07. The lowest BCUT2D eigenvalue weighted by molar-refractivity contribution is -0.151. The number of carbonyl (C=O) groups excluding carboxylic acids is 1. The van der Waals surface area contributed by atoms with Crippen LogP contribution in [-0.2, 0) is 9.59 Å². The van der Waals surface area contributed by atoms with E-state index in [2.05, 4.69) is 5.32 Å². The third-order valence-corrected chi connectivity index (χ3v) is 5.07. The largest absolute Gasteiger partial charge is 0.480 e. The highest BCUT2D eigenvalue weighted by Gasteiger charge is 2.50. The van der Waals surface area contributed by atoms with E-state index in [-0.39, 0.29) is 17.7 Å². The molecule has 1 saturated carbocycles. The average molecular weight is 266 g/mol. The van der Waals surface area contributed by atoms with Gasteiger partial charge < -0.3 is 15.3 Å². The molecule has 2 aliphatic heterocycles. The van der Waals surface area contributed by atoms with Crippen molar-refractivity contribution >= 4 is 11.9 Å². The lowest BCUT2D eigenvalue weighted by Gasteiger charge is -2.30. The Labute approximate surface area is 113 Å². The molecule has 2 saturated heterocycles. The van der Waals surface area contributed by atoms with E-state index < -0.39 is 12.0 Å². The van der Waals surface area contributed by atoms with Crippen LogP contribution >= 0.6 is 0 Å². The van der Waals surface area contributed by atoms with Gasteiger partial charge in [0.15, 0.2) is 0 Å². The molecular weight excluding hydrogens is 244 g/mol. The summed E-state index contributed by atoms with van der Waals surface area (Å²) >= 11 is 0. The van der Waals surface area contributed by atoms with Crippen molar-refractivity contribution < 1.29 is 14.7 Å². The quantitative estimate of drug-likeness (QED) is 0.772. The number of aliphatic carboxylic acids is 1. The summed E-state index contributed by atoms with van der Waals surface area (Å²) in [5.74, 6) is -0.158. The van der Waals surface area contributed by atoms with Crippen LogP contribution in [0.5, 0.6) is 0 Å². The van der Waals surface area contributed by atoms with E-state index in [0.29, 0.717) is 19.0 Å². The molecule has 0 aromatic rings. The average Bonchev–Trinajstić information content (AvgIpc) is 2.98. The Bertz CT molecular complexity index is 379. The summed E-state index contributed by atoms with van der Waals surface area (Å²) in [6, 6.07) is -0.568. The molecule has 0 aromatic carbocycles. The third-order valence-electron chi connectivity index (χ3n) is 5.07. The van der Waals surface area contributed by atoms with Gasteiger partial charge in [0.05, 0.1) is 5.92 Å². The third kappa shape index (κ3) is 2.24. The molecule has 3 fully saturated rings. The van der Waals surface area contributed by atoms with Crippen molar-refractivity contribution in [3.63, 3.8) is 0 Å². The maximum Gasteiger partial charge on any atom is 0.326 e. The van der Waals surface area contributed by atoms with Gasteiger partial charge in [-0.05, 0) is 44.1 Å². The fourth-order valence-electron chi connectivity index (χ4n) is 4.15. The van der Waals surface area contributed by atoms with Gasteiger partial charge in [0.1, 0.15) is 6.04 Å². The molecule has 5 nitrogen and oxygen atoms in total. The van der Waals surface area contributed by atoms with E-state index in [4.69, 9.17) is 0 Å². The number of carbonyl (C=O) groups is 2. The Morgan fingerprint density at radius 1 is 1.16 bits per heavy atom. The SMILES string of the molecule is O=C(O)C1C2CCCC2CN1C(=O)[C@H]1CCCNC1. The number of carboxylic acid groups (broad SMARTS) is 1. The van der Waals surface area contributed by atoms with Gasteiger partial charge in [-0.1, -0.05) is 6.42 Å². The van der Waals surface area contributed by atoms with Gasteiger partial charge in [-0.15, -0.1) is 0 Å². The van der Waals surface area contributed by atoms with Crippen LogP contribution in [0.25, 0.3) is 0 Å². The van der Waals surface area contributed by atoms with Crippen molar-refractivity contribution in [3.05, 3.63) is 0 Å². The second kappa shape index (κ2) is 5.12. The highest BCUT2D eigenvalue weighted by Crippen LogP contribution is 2.42. The first-order valence-electron chi connectivity index (χ1n) is 7.42. The number of rotatable bonds is 2. The number of fused-ring (bicyclic) bond motifs is 1. The molecule has 2 heterocycles. The van der Waals surface area contributed by atoms with Crippen LogP contribution in [0, 0.1) is 17.8 Å². The van der Waals surface area contributed by atoms with E-state index in [1.807, 2.05) is 0 Å². The van der Waals surface area contributed by atoms with Crippen LogP contribution < -0.4 is 5.32 Å². The molecule has 0 radical (unpaired) electrons. The minimum atomic E-state index is -0.813. The first kappa shape index (κ1) is 12.9. The topological polar surface area (TPSA) is 69.6 Å². The second-order valence-electron chi connectivity index (χ2n) is 6.17. The second-order valence-corrected chi connectivity index (χ2v) is 6.17. The summed E-state index contributed by atoms with van der Waals surface area (Å²) < 4.78 is 0. The zero-order valence-corrected chi connectivity index (χ0v) is 11.2. The summed E-state index contributed by atoms with van der Waals surface area (Å²) in [4.78, 5) is 25.8. The maximum absolute atomic E-state index is 12.6. The summed E-state index contributed by atoms with van der Waals surface area (Å²) in [6.45, 7) is 2.34. The molecule has 1 aliphatic carbocycles. The van der Waals surface area contributed by atoms with Crippen molar-refractivity contribution in [2.45, 2.75) is 38.1 Å². The number of likely N-dealkylation sites (tertiary alicyclic amines) is 1. The number of nitrogens with zero attached hydrogens (tertiary/aromatic N) is 1. The number of carboxylic acids is 1. The molecule has 3 aliphatic rings. The van der Waals surface area contributed by atoms with Crippen molar-refractivity contribution in [3.8, 4) is 0 Å². The molecule has 2 N–H and O–H groups in total. The van der Waals surface area contributed by atoms with Gasteiger partial charge in [0, 0.05) is 13.1 Å². The Morgan fingerprint density at radius 3 is 2.68 bits per heavy atom. The molecule has 1 amide bonds. The predicted molar refractivity (Wildman–Crippen MR) is 69.6 cm³/mol. The van der Waals surface area contributed by atoms with Gasteiger partial charge in [0.2, 0.25) is 5.91 Å². The predicted octanol–water partition coefficient (Wildman–Crippen LogP) is 0.698. The number of piperidine rings is 1. The molecule has 0 bridgehead atoms. The van der Waals surface area contributed by atoms with Crippen molar-refractivity contribution in [1.82, 2.24) is 10.2 Å². The molecule has 0 spiro atoms. The highest BCUT2D eigenvalue weighted by molar-refractivity contribution is 5.86. The monoisotopic (exact) mass is 266 g/mol. The molecule has 3 rings (SSSR count). The van der Waals surface area contributed by atoms with Crippen molar-refractivity contribution in [1.29, 1.82) is 0 Å². The Hall–Kier alpha value is -1.10. The highest BCUT2D eigenvalue weighted by atomic mass is 16.4. The first-order valence-corrected chi connectivity index (χ1v) is 7.42. The molecule has 19 heavy (non-hydrogen) atoms. The molecular formula is C14H22N2O3. The zero-order chi connectivity index (χ0) is 13.4. The van der Waals surface area contributed by atoms with Crippen LogP contribution in [-0.4, -0.2) is 47.6 Å². The van der Waals surface area contributed by atoms with Crippen LogP contribution in [0.2, 0.25) is 0 Å². The number of nitrogens with one attached hydrogen (secondary N) is 1. The maximum atomic E-state index is 12.6. The molecule has 106 valence electrons. The van der Waals surface area contributed by atoms with Gasteiger partial charge in [0.25, 0.3) is 0 Å². The Balaban J connectivity index is 1.75. The number of hydrogen-bond donors (Lipinski definition) is 2. The minimum Gasteiger partial charge on any atom is -0.480 e. The molecule has 4 atom stereocenters. The summed E-state index contributed by atoms with van der Waals surface area (Å²) in [5.41, 5.74) is 0. The normalized spacial score (nSPS) is 38.2. The van der Waals surface area contributed by atoms with Crippen LogP contribution in [0.15, 0.2) is 0 Å². The lowest BCUT2D eigenvalue weighted by atomic mass is 9.93. The van der Waals surface area contributed by atoms with E-state index in [9.17, 15) is 14.7 Å². The standard InChI is InChI=1S/C14H22N2O3/c17-13(9-4-2-6-15-7-9)16-8-10-3-1-5-11(10)12(16)14(18)19/h9-12,15H,1-8H2,(H,18,19)/t9-,10?,11?,12?/m0/s1. The van der Waals surface area contributed by atoms with Gasteiger partial charge >= 0.3 is 5.97 Å². The fraction of sp³-hybridized carbons (Fsp3) is 0.857. The van der Waals surface area contributed by atoms with Crippen molar-refractivity contribution in [2.75, 3.05) is 19.6 Å². The minimum absolute atomic E-state index is 0.0190. The molecule has 5 heteroatoms. The number of amides is 1. The fourth-order valence-corrected chi connectivity index (χ4v) is 4.15. The molecule has 0 aromatic heterocycles. The van der Waals surface area contributed by atoms with E-state index >= 15 is 0 Å². The molecule has 3 unspecified atom stereocenters. The van der Waals surface area contributed by atoms with Crippen molar-refractivity contribution in [2.24, 2.45) is 17.8 Å². The lowest BCUT2D eigenvalue weighted by Crippen LogP contribution is -2.48. The van der Waals surface area contributed by atoms with Crippen LogP contribution in [0.4, 0.5) is 0 Å². The van der Waals surface area contributed by atoms with Gasteiger partial charge in [-0.25, -0.2) is 4.79 Å². The van der Waals surface area contributed by atoms with E-state index in [1.54, 1.807) is 4.90 Å². The Kier molecular flexibility index (Phi) is 3.48. The van der Waals surface area contributed by atoms with Crippen LogP contribution in [0.3, 0.4) is 0 Å². The first-order chi connectivity index (χ1) is 9.18.